The van der Waals surface area contributed by atoms with Crippen molar-refractivity contribution in [3.63, 3.8) is 0 Å². The van der Waals surface area contributed by atoms with Gasteiger partial charge < -0.3 is 15.5 Å². The fourth-order valence-electron chi connectivity index (χ4n) is 1.85. The number of carbonyl (C=O) groups excluding carboxylic acids is 1. The highest BCUT2D eigenvalue weighted by Crippen LogP contribution is 2.28. The topological polar surface area (TPSA) is 69.6 Å². The number of hydrogen-bond donors (Lipinski definition) is 3. The Labute approximate surface area is 121 Å². The molecule has 0 radical (unpaired) electrons. The van der Waals surface area contributed by atoms with E-state index in [9.17, 15) is 15.0 Å². The first-order valence-corrected chi connectivity index (χ1v) is 6.44. The number of benzene rings is 2. The molecule has 0 fully saturated rings. The number of phenolic OH excluding ortho intramolecular Hbond substituents is 2. The molecule has 0 bridgehead atoms. The lowest BCUT2D eigenvalue weighted by Crippen LogP contribution is -2.26. The van der Waals surface area contributed by atoms with E-state index in [1.807, 2.05) is 13.0 Å². The Morgan fingerprint density at radius 3 is 2.60 bits per heavy atom. The molecule has 3 N–H and O–H groups in total. The smallest absolute Gasteiger partial charge is 0.255 e. The van der Waals surface area contributed by atoms with Crippen molar-refractivity contribution >= 4 is 17.5 Å². The van der Waals surface area contributed by atoms with Gasteiger partial charge in [-0.05, 0) is 36.8 Å². The lowest BCUT2D eigenvalue weighted by Gasteiger charge is -2.15. The average Bonchev–Trinajstić information content (AvgIpc) is 2.41. The summed E-state index contributed by atoms with van der Waals surface area (Å²) in [6.45, 7) is 1.81. The molecule has 2 aromatic rings. The maximum absolute atomic E-state index is 12.1. The van der Waals surface area contributed by atoms with E-state index < -0.39 is 11.7 Å². The maximum atomic E-state index is 12.1. The molecule has 5 heteroatoms. The first kappa shape index (κ1) is 14.2. The predicted molar refractivity (Wildman–Crippen MR) is 77.1 cm³/mol. The van der Waals surface area contributed by atoms with Crippen LogP contribution >= 0.6 is 11.6 Å². The van der Waals surface area contributed by atoms with Crippen LogP contribution < -0.4 is 5.32 Å². The number of phenols is 2. The van der Waals surface area contributed by atoms with Crippen molar-refractivity contribution in [1.29, 1.82) is 0 Å². The Morgan fingerprint density at radius 1 is 1.20 bits per heavy atom. The Balaban J connectivity index is 2.17. The normalized spacial score (nSPS) is 11.9. The molecule has 104 valence electrons. The first-order chi connectivity index (χ1) is 9.49. The number of amides is 1. The van der Waals surface area contributed by atoms with Crippen molar-refractivity contribution in [2.45, 2.75) is 13.0 Å². The number of aromatic hydroxyl groups is 2. The summed E-state index contributed by atoms with van der Waals surface area (Å²) < 4.78 is 0. The van der Waals surface area contributed by atoms with Gasteiger partial charge in [0.25, 0.3) is 5.91 Å². The van der Waals surface area contributed by atoms with Crippen molar-refractivity contribution in [2.24, 2.45) is 0 Å². The lowest BCUT2D eigenvalue weighted by atomic mass is 10.1. The standard InChI is InChI=1S/C15H14ClNO3/c1-9(10-4-2-5-11(16)8-10)17-15(20)12-6-3-7-13(18)14(12)19/h2-9,18-19H,1H3,(H,17,20). The van der Waals surface area contributed by atoms with Crippen LogP contribution in [0.5, 0.6) is 11.5 Å². The molecule has 1 unspecified atom stereocenters. The highest BCUT2D eigenvalue weighted by Gasteiger charge is 2.16. The molecule has 2 aromatic carbocycles. The largest absolute Gasteiger partial charge is 0.504 e. The van der Waals surface area contributed by atoms with E-state index in [0.717, 1.165) is 5.56 Å². The molecule has 0 aliphatic heterocycles. The van der Waals surface area contributed by atoms with Gasteiger partial charge in [-0.3, -0.25) is 4.79 Å². The van der Waals surface area contributed by atoms with E-state index >= 15 is 0 Å². The summed E-state index contributed by atoms with van der Waals surface area (Å²) in [6.07, 6.45) is 0. The molecule has 0 aliphatic carbocycles. The zero-order valence-electron chi connectivity index (χ0n) is 10.8. The maximum Gasteiger partial charge on any atom is 0.255 e. The zero-order valence-corrected chi connectivity index (χ0v) is 11.6. The van der Waals surface area contributed by atoms with Crippen LogP contribution in [0.4, 0.5) is 0 Å². The van der Waals surface area contributed by atoms with Crippen LogP contribution in [0.3, 0.4) is 0 Å². The van der Waals surface area contributed by atoms with Crippen LogP contribution in [-0.2, 0) is 0 Å². The number of halogens is 1. The summed E-state index contributed by atoms with van der Waals surface area (Å²) in [4.78, 5) is 12.1. The Hall–Kier alpha value is -2.20. The van der Waals surface area contributed by atoms with Crippen LogP contribution in [-0.4, -0.2) is 16.1 Å². The van der Waals surface area contributed by atoms with E-state index in [1.165, 1.54) is 18.2 Å². The molecule has 1 atom stereocenters. The Bertz CT molecular complexity index is 643. The van der Waals surface area contributed by atoms with Gasteiger partial charge in [0, 0.05) is 5.02 Å². The SMILES string of the molecule is CC(NC(=O)c1cccc(O)c1O)c1cccc(Cl)c1. The van der Waals surface area contributed by atoms with E-state index in [4.69, 9.17) is 11.6 Å². The van der Waals surface area contributed by atoms with E-state index in [2.05, 4.69) is 5.32 Å². The number of para-hydroxylation sites is 1. The molecular formula is C15H14ClNO3. The second-order valence-corrected chi connectivity index (χ2v) is 4.86. The Kier molecular flexibility index (Phi) is 4.15. The van der Waals surface area contributed by atoms with Crippen molar-refractivity contribution in [1.82, 2.24) is 5.32 Å². The van der Waals surface area contributed by atoms with Crippen molar-refractivity contribution in [2.75, 3.05) is 0 Å². The van der Waals surface area contributed by atoms with Gasteiger partial charge in [0.15, 0.2) is 11.5 Å². The summed E-state index contributed by atoms with van der Waals surface area (Å²) in [5, 5.41) is 22.4. The number of hydrogen-bond acceptors (Lipinski definition) is 3. The van der Waals surface area contributed by atoms with E-state index in [-0.39, 0.29) is 17.4 Å². The van der Waals surface area contributed by atoms with Gasteiger partial charge in [0.2, 0.25) is 0 Å². The van der Waals surface area contributed by atoms with Crippen molar-refractivity contribution < 1.29 is 15.0 Å². The minimum Gasteiger partial charge on any atom is -0.504 e. The summed E-state index contributed by atoms with van der Waals surface area (Å²) in [7, 11) is 0. The molecule has 0 aliphatic rings. The van der Waals surface area contributed by atoms with Gasteiger partial charge in [0.05, 0.1) is 11.6 Å². The predicted octanol–water partition coefficient (Wildman–Crippen LogP) is 3.24. The monoisotopic (exact) mass is 291 g/mol. The average molecular weight is 292 g/mol. The van der Waals surface area contributed by atoms with Crippen molar-refractivity contribution in [3.8, 4) is 11.5 Å². The first-order valence-electron chi connectivity index (χ1n) is 6.06. The molecule has 1 amide bonds. The third-order valence-electron chi connectivity index (χ3n) is 2.96. The number of carbonyl (C=O) groups is 1. The number of nitrogens with one attached hydrogen (secondary N) is 1. The van der Waals surface area contributed by atoms with Crippen LogP contribution in [0.15, 0.2) is 42.5 Å². The van der Waals surface area contributed by atoms with E-state index in [1.54, 1.807) is 18.2 Å². The summed E-state index contributed by atoms with van der Waals surface area (Å²) in [5.41, 5.74) is 0.879. The van der Waals surface area contributed by atoms with Gasteiger partial charge in [-0.15, -0.1) is 0 Å². The van der Waals surface area contributed by atoms with Gasteiger partial charge in [0.1, 0.15) is 0 Å². The number of rotatable bonds is 3. The molecule has 0 saturated heterocycles. The van der Waals surface area contributed by atoms with Crippen LogP contribution in [0.25, 0.3) is 0 Å². The zero-order chi connectivity index (χ0) is 14.7. The van der Waals surface area contributed by atoms with E-state index in [0.29, 0.717) is 5.02 Å². The van der Waals surface area contributed by atoms with Gasteiger partial charge in [-0.2, -0.15) is 0 Å². The summed E-state index contributed by atoms with van der Waals surface area (Å²) >= 11 is 5.90. The molecule has 0 saturated carbocycles. The molecular weight excluding hydrogens is 278 g/mol. The fraction of sp³-hybridized carbons (Fsp3) is 0.133. The van der Waals surface area contributed by atoms with Gasteiger partial charge in [-0.1, -0.05) is 29.8 Å². The molecule has 20 heavy (non-hydrogen) atoms. The third kappa shape index (κ3) is 3.03. The molecule has 0 heterocycles. The highest BCUT2D eigenvalue weighted by atomic mass is 35.5. The van der Waals surface area contributed by atoms with Crippen LogP contribution in [0, 0.1) is 0 Å². The summed E-state index contributed by atoms with van der Waals surface area (Å²) in [6, 6.07) is 11.1. The molecule has 4 nitrogen and oxygen atoms in total. The van der Waals surface area contributed by atoms with Crippen LogP contribution in [0.2, 0.25) is 5.02 Å². The Morgan fingerprint density at radius 2 is 1.90 bits per heavy atom. The van der Waals surface area contributed by atoms with Crippen LogP contribution in [0.1, 0.15) is 28.9 Å². The highest BCUT2D eigenvalue weighted by molar-refractivity contribution is 6.30. The molecule has 2 rings (SSSR count). The minimum atomic E-state index is -0.467. The minimum absolute atomic E-state index is 0.0267. The van der Waals surface area contributed by atoms with Gasteiger partial charge in [-0.25, -0.2) is 0 Å². The van der Waals surface area contributed by atoms with Gasteiger partial charge >= 0.3 is 0 Å². The third-order valence-corrected chi connectivity index (χ3v) is 3.19. The van der Waals surface area contributed by atoms with Crippen molar-refractivity contribution in [3.05, 3.63) is 58.6 Å². The lowest BCUT2D eigenvalue weighted by molar-refractivity contribution is 0.0936. The quantitative estimate of drug-likeness (QED) is 0.760. The second-order valence-electron chi connectivity index (χ2n) is 4.42. The molecule has 0 spiro atoms. The fourth-order valence-corrected chi connectivity index (χ4v) is 2.05. The molecule has 0 aromatic heterocycles. The summed E-state index contributed by atoms with van der Waals surface area (Å²) in [5.74, 6) is -1.22. The second kappa shape index (κ2) is 5.84.